The van der Waals surface area contributed by atoms with Gasteiger partial charge in [0.15, 0.2) is 0 Å². The van der Waals surface area contributed by atoms with Crippen LogP contribution >= 0.6 is 0 Å². The number of amides is 1. The third-order valence-corrected chi connectivity index (χ3v) is 19.2. The molecule has 0 bridgehead atoms. The zero-order chi connectivity index (χ0) is 63.5. The van der Waals surface area contributed by atoms with E-state index in [0.717, 1.165) is 44.9 Å². The number of hydrogen-bond acceptors (Lipinski definition) is 5. The molecule has 2 atom stereocenters. The molecule has 3 N–H and O–H groups in total. The van der Waals surface area contributed by atoms with E-state index in [-0.39, 0.29) is 18.5 Å². The SMILES string of the molecule is CCCCCCCC/C=C\CCCCCCCCCC(=O)OCCCCCCCCCCCCCC/C=C\CCCCCCCCCCCCCCCCCCCC(=O)NC(CO)C(O)CCCCCCCCCCCCCCCCCCCCCCC. The largest absolute Gasteiger partial charge is 0.466 e. The smallest absolute Gasteiger partial charge is 0.305 e. The highest BCUT2D eigenvalue weighted by molar-refractivity contribution is 5.76. The first-order valence-corrected chi connectivity index (χ1v) is 40.6. The molecular weight excluding hydrogens is 1080 g/mol. The summed E-state index contributed by atoms with van der Waals surface area (Å²) in [6.45, 7) is 5.00. The van der Waals surface area contributed by atoms with Crippen molar-refractivity contribution in [2.45, 2.75) is 475 Å². The van der Waals surface area contributed by atoms with E-state index >= 15 is 0 Å². The van der Waals surface area contributed by atoms with E-state index in [1.165, 1.54) is 385 Å². The number of aliphatic hydroxyl groups excluding tert-OH is 2. The van der Waals surface area contributed by atoms with Gasteiger partial charge in [-0.15, -0.1) is 0 Å². The molecule has 0 heterocycles. The van der Waals surface area contributed by atoms with Crippen LogP contribution in [-0.2, 0) is 14.3 Å². The van der Waals surface area contributed by atoms with Crippen molar-refractivity contribution in [2.24, 2.45) is 0 Å². The van der Waals surface area contributed by atoms with Crippen LogP contribution in [0.25, 0.3) is 0 Å². The van der Waals surface area contributed by atoms with E-state index in [4.69, 9.17) is 4.74 Å². The molecule has 0 fully saturated rings. The standard InChI is InChI=1S/C82H159NO5/c1-3-5-7-9-11-13-15-17-19-21-22-36-39-43-46-50-54-58-62-66-70-74-80(85)79(78-84)83-81(86)75-71-67-63-59-55-51-47-44-40-37-34-32-30-28-26-24-23-25-27-29-31-33-35-38-41-45-49-53-57-61-65-69-73-77-88-82(87)76-72-68-64-60-56-52-48-42-20-18-16-14-12-10-8-6-4-2/h18,20,27,29,79-80,84-85H,3-17,19,21-26,28,30-78H2,1-2H3,(H,83,86)/b20-18-,29-27-. The van der Waals surface area contributed by atoms with E-state index in [9.17, 15) is 19.8 Å². The molecule has 0 aliphatic heterocycles. The fourth-order valence-corrected chi connectivity index (χ4v) is 13.0. The number of aliphatic hydroxyl groups is 2. The first-order valence-electron chi connectivity index (χ1n) is 40.6. The fourth-order valence-electron chi connectivity index (χ4n) is 13.0. The second kappa shape index (κ2) is 77.8. The van der Waals surface area contributed by atoms with Crippen molar-refractivity contribution < 1.29 is 24.5 Å². The Morgan fingerprint density at radius 3 is 0.807 bits per heavy atom. The Morgan fingerprint density at radius 1 is 0.307 bits per heavy atom. The first kappa shape index (κ1) is 86.3. The number of hydrogen-bond donors (Lipinski definition) is 3. The highest BCUT2D eigenvalue weighted by Crippen LogP contribution is 2.20. The summed E-state index contributed by atoms with van der Waals surface area (Å²) in [6.07, 6.45) is 99.9. The predicted molar refractivity (Wildman–Crippen MR) is 389 cm³/mol. The Labute approximate surface area is 551 Å². The quantitative estimate of drug-likeness (QED) is 0.0320. The van der Waals surface area contributed by atoms with Crippen molar-refractivity contribution in [2.75, 3.05) is 13.2 Å². The minimum Gasteiger partial charge on any atom is -0.466 e. The molecule has 0 saturated carbocycles. The summed E-state index contributed by atoms with van der Waals surface area (Å²) in [5.74, 6) is -0.0100. The normalized spacial score (nSPS) is 12.5. The van der Waals surface area contributed by atoms with E-state index in [0.29, 0.717) is 25.9 Å². The second-order valence-electron chi connectivity index (χ2n) is 28.1. The lowest BCUT2D eigenvalue weighted by Gasteiger charge is -2.22. The Balaban J connectivity index is 3.34. The van der Waals surface area contributed by atoms with Crippen molar-refractivity contribution >= 4 is 11.9 Å². The lowest BCUT2D eigenvalue weighted by atomic mass is 10.0. The maximum Gasteiger partial charge on any atom is 0.305 e. The maximum atomic E-state index is 12.6. The Bertz CT molecular complexity index is 1380. The van der Waals surface area contributed by atoms with Crippen molar-refractivity contribution in [3.05, 3.63) is 24.3 Å². The van der Waals surface area contributed by atoms with Crippen LogP contribution in [0.2, 0.25) is 0 Å². The molecule has 0 aromatic rings. The number of esters is 1. The molecular formula is C82H159NO5. The molecule has 1 amide bonds. The summed E-state index contributed by atoms with van der Waals surface area (Å²) in [5, 5.41) is 23.5. The molecule has 0 aromatic carbocycles. The van der Waals surface area contributed by atoms with Crippen LogP contribution in [0, 0.1) is 0 Å². The van der Waals surface area contributed by atoms with Gasteiger partial charge in [-0.3, -0.25) is 9.59 Å². The molecule has 0 radical (unpaired) electrons. The average Bonchev–Trinajstić information content (AvgIpc) is 3.58. The number of carbonyl (C=O) groups excluding carboxylic acids is 2. The summed E-state index contributed by atoms with van der Waals surface area (Å²) in [6, 6.07) is -0.540. The summed E-state index contributed by atoms with van der Waals surface area (Å²) in [5.41, 5.74) is 0. The van der Waals surface area contributed by atoms with E-state index in [1.54, 1.807) is 0 Å². The number of ether oxygens (including phenoxy) is 1. The Hall–Kier alpha value is -1.66. The predicted octanol–water partition coefficient (Wildman–Crippen LogP) is 26.8. The Kier molecular flexibility index (Phi) is 76.3. The van der Waals surface area contributed by atoms with Crippen LogP contribution in [-0.4, -0.2) is 47.4 Å². The summed E-state index contributed by atoms with van der Waals surface area (Å²) < 4.78 is 5.51. The third kappa shape index (κ3) is 73.4. The van der Waals surface area contributed by atoms with Gasteiger partial charge in [0.2, 0.25) is 5.91 Å². The lowest BCUT2D eigenvalue weighted by molar-refractivity contribution is -0.143. The molecule has 0 aromatic heterocycles. The summed E-state index contributed by atoms with van der Waals surface area (Å²) in [4.78, 5) is 24.7. The summed E-state index contributed by atoms with van der Waals surface area (Å²) in [7, 11) is 0. The molecule has 6 heteroatoms. The number of nitrogens with one attached hydrogen (secondary N) is 1. The third-order valence-electron chi connectivity index (χ3n) is 19.2. The topological polar surface area (TPSA) is 95.9 Å². The van der Waals surface area contributed by atoms with Crippen LogP contribution in [0.15, 0.2) is 24.3 Å². The molecule has 6 nitrogen and oxygen atoms in total. The van der Waals surface area contributed by atoms with Gasteiger partial charge in [0, 0.05) is 12.8 Å². The molecule has 2 unspecified atom stereocenters. The van der Waals surface area contributed by atoms with Crippen LogP contribution in [0.1, 0.15) is 463 Å². The minimum atomic E-state index is -0.663. The summed E-state index contributed by atoms with van der Waals surface area (Å²) >= 11 is 0. The van der Waals surface area contributed by atoms with Crippen LogP contribution in [0.4, 0.5) is 0 Å². The molecule has 0 aliphatic rings. The number of allylic oxidation sites excluding steroid dienone is 4. The molecule has 0 spiro atoms. The van der Waals surface area contributed by atoms with E-state index < -0.39 is 12.1 Å². The number of rotatable bonds is 77. The van der Waals surface area contributed by atoms with Gasteiger partial charge in [-0.25, -0.2) is 0 Å². The zero-order valence-electron chi connectivity index (χ0n) is 60.0. The van der Waals surface area contributed by atoms with Gasteiger partial charge in [-0.1, -0.05) is 398 Å². The van der Waals surface area contributed by atoms with Crippen molar-refractivity contribution in [1.82, 2.24) is 5.32 Å². The highest BCUT2D eigenvalue weighted by Gasteiger charge is 2.20. The van der Waals surface area contributed by atoms with Crippen LogP contribution < -0.4 is 5.32 Å². The molecule has 522 valence electrons. The highest BCUT2D eigenvalue weighted by atomic mass is 16.5. The monoisotopic (exact) mass is 1240 g/mol. The van der Waals surface area contributed by atoms with Gasteiger partial charge in [-0.2, -0.15) is 0 Å². The molecule has 88 heavy (non-hydrogen) atoms. The maximum absolute atomic E-state index is 12.6. The van der Waals surface area contributed by atoms with E-state index in [1.807, 2.05) is 0 Å². The van der Waals surface area contributed by atoms with E-state index in [2.05, 4.69) is 43.5 Å². The van der Waals surface area contributed by atoms with Gasteiger partial charge in [0.1, 0.15) is 0 Å². The molecule has 0 aliphatic carbocycles. The number of carbonyl (C=O) groups is 2. The fraction of sp³-hybridized carbons (Fsp3) is 0.927. The lowest BCUT2D eigenvalue weighted by Crippen LogP contribution is -2.45. The van der Waals surface area contributed by atoms with Gasteiger partial charge in [-0.05, 0) is 77.0 Å². The Morgan fingerprint density at radius 2 is 0.534 bits per heavy atom. The van der Waals surface area contributed by atoms with Crippen molar-refractivity contribution in [3.8, 4) is 0 Å². The van der Waals surface area contributed by atoms with Crippen molar-refractivity contribution in [3.63, 3.8) is 0 Å². The van der Waals surface area contributed by atoms with Crippen molar-refractivity contribution in [1.29, 1.82) is 0 Å². The average molecular weight is 1240 g/mol. The van der Waals surface area contributed by atoms with Gasteiger partial charge >= 0.3 is 5.97 Å². The second-order valence-corrected chi connectivity index (χ2v) is 28.1. The minimum absolute atomic E-state index is 0.0165. The van der Waals surface area contributed by atoms with Crippen LogP contribution in [0.5, 0.6) is 0 Å². The van der Waals surface area contributed by atoms with Crippen LogP contribution in [0.3, 0.4) is 0 Å². The first-order chi connectivity index (χ1) is 43.5. The number of unbranched alkanes of at least 4 members (excludes halogenated alkanes) is 62. The molecule has 0 rings (SSSR count). The van der Waals surface area contributed by atoms with Gasteiger partial charge in [0.05, 0.1) is 25.4 Å². The van der Waals surface area contributed by atoms with Gasteiger partial charge < -0.3 is 20.3 Å². The zero-order valence-corrected chi connectivity index (χ0v) is 60.0. The molecule has 0 saturated heterocycles. The van der Waals surface area contributed by atoms with Gasteiger partial charge in [0.25, 0.3) is 0 Å².